The number of halogens is 1. The van der Waals surface area contributed by atoms with Gasteiger partial charge in [-0.3, -0.25) is 0 Å². The van der Waals surface area contributed by atoms with E-state index >= 15 is 0 Å². The maximum Gasteiger partial charge on any atom is 0.410 e. The molecule has 5 heteroatoms. The van der Waals surface area contributed by atoms with Crippen LogP contribution in [0.15, 0.2) is 30.3 Å². The molecule has 1 amide bonds. The summed E-state index contributed by atoms with van der Waals surface area (Å²) in [4.78, 5) is 13.7. The minimum absolute atomic E-state index is 0. The van der Waals surface area contributed by atoms with E-state index in [9.17, 15) is 4.79 Å². The molecule has 3 aliphatic rings. The molecule has 1 saturated carbocycles. The van der Waals surface area contributed by atoms with Crippen molar-refractivity contribution in [2.75, 3.05) is 13.1 Å². The Morgan fingerprint density at radius 2 is 2.05 bits per heavy atom. The molecule has 2 heterocycles. The number of amides is 1. The number of rotatable bonds is 2. The number of hydrogen-bond acceptors (Lipinski definition) is 3. The van der Waals surface area contributed by atoms with E-state index in [1.165, 1.54) is 0 Å². The standard InChI is InChI=1S/C14H18N2O2.ClH/c15-14-6-12(7-14)8-16(10-14)13(17)18-9-11-4-2-1-3-5-11;/h1-5,12H,6-10,15H2;1H. The van der Waals surface area contributed by atoms with Gasteiger partial charge in [0.05, 0.1) is 0 Å². The number of carbonyl (C=O) groups excluding carboxylic acids is 1. The monoisotopic (exact) mass is 282 g/mol. The molecule has 1 aromatic rings. The molecule has 0 unspecified atom stereocenters. The number of hydrogen-bond donors (Lipinski definition) is 1. The molecule has 3 fully saturated rings. The van der Waals surface area contributed by atoms with Gasteiger partial charge in [-0.1, -0.05) is 30.3 Å². The normalized spacial score (nSPS) is 28.1. The maximum absolute atomic E-state index is 11.9. The van der Waals surface area contributed by atoms with Gasteiger partial charge in [0.25, 0.3) is 0 Å². The Kier molecular flexibility index (Phi) is 4.02. The first kappa shape index (κ1) is 14.2. The largest absolute Gasteiger partial charge is 0.445 e. The Morgan fingerprint density at radius 3 is 2.68 bits per heavy atom. The molecule has 1 aliphatic carbocycles. The molecule has 2 bridgehead atoms. The third-order valence-corrected chi connectivity index (χ3v) is 3.84. The first-order chi connectivity index (χ1) is 8.65. The van der Waals surface area contributed by atoms with E-state index in [0.29, 0.717) is 19.1 Å². The topological polar surface area (TPSA) is 55.6 Å². The van der Waals surface area contributed by atoms with Crippen molar-refractivity contribution in [3.05, 3.63) is 35.9 Å². The van der Waals surface area contributed by atoms with Crippen LogP contribution in [-0.2, 0) is 11.3 Å². The van der Waals surface area contributed by atoms with Crippen molar-refractivity contribution in [1.82, 2.24) is 4.90 Å². The highest BCUT2D eigenvalue weighted by molar-refractivity contribution is 5.85. The molecule has 1 aromatic carbocycles. The van der Waals surface area contributed by atoms with Gasteiger partial charge in [0.1, 0.15) is 6.61 Å². The van der Waals surface area contributed by atoms with Crippen molar-refractivity contribution in [3.63, 3.8) is 0 Å². The lowest BCUT2D eigenvalue weighted by molar-refractivity contribution is -0.00258. The highest BCUT2D eigenvalue weighted by Crippen LogP contribution is 2.41. The molecule has 19 heavy (non-hydrogen) atoms. The van der Waals surface area contributed by atoms with Crippen LogP contribution in [0.3, 0.4) is 0 Å². The number of nitrogens with two attached hydrogens (primary N) is 1. The Labute approximate surface area is 119 Å². The van der Waals surface area contributed by atoms with Crippen LogP contribution in [0, 0.1) is 5.92 Å². The Bertz CT molecular complexity index is 446. The molecular weight excluding hydrogens is 264 g/mol. The predicted octanol–water partition coefficient (Wildman–Crippen LogP) is 2.17. The van der Waals surface area contributed by atoms with Gasteiger partial charge in [0.2, 0.25) is 0 Å². The van der Waals surface area contributed by atoms with Crippen molar-refractivity contribution in [3.8, 4) is 0 Å². The number of carbonyl (C=O) groups is 1. The maximum atomic E-state index is 11.9. The van der Waals surface area contributed by atoms with Crippen LogP contribution in [0.2, 0.25) is 0 Å². The lowest BCUT2D eigenvalue weighted by atomic mass is 9.65. The molecule has 104 valence electrons. The predicted molar refractivity (Wildman–Crippen MR) is 75.1 cm³/mol. The summed E-state index contributed by atoms with van der Waals surface area (Å²) >= 11 is 0. The molecule has 2 aliphatic heterocycles. The summed E-state index contributed by atoms with van der Waals surface area (Å²) in [6, 6.07) is 9.72. The molecule has 4 rings (SSSR count). The van der Waals surface area contributed by atoms with E-state index in [-0.39, 0.29) is 24.0 Å². The molecule has 0 spiro atoms. The van der Waals surface area contributed by atoms with E-state index in [1.54, 1.807) is 4.90 Å². The van der Waals surface area contributed by atoms with Crippen LogP contribution >= 0.6 is 12.4 Å². The van der Waals surface area contributed by atoms with Crippen LogP contribution < -0.4 is 5.73 Å². The highest BCUT2D eigenvalue weighted by atomic mass is 35.5. The number of piperidine rings is 2. The van der Waals surface area contributed by atoms with Gasteiger partial charge in [-0.2, -0.15) is 0 Å². The number of benzene rings is 1. The molecule has 0 radical (unpaired) electrons. The first-order valence-corrected chi connectivity index (χ1v) is 6.39. The zero-order chi connectivity index (χ0) is 12.6. The SMILES string of the molecule is Cl.NC12CC(CN(C(=O)OCc3ccccc3)C1)C2. The van der Waals surface area contributed by atoms with E-state index < -0.39 is 0 Å². The van der Waals surface area contributed by atoms with Crippen LogP contribution in [0.1, 0.15) is 18.4 Å². The Balaban J connectivity index is 0.00000133. The fraction of sp³-hybridized carbons (Fsp3) is 0.500. The molecule has 0 aromatic heterocycles. The Morgan fingerprint density at radius 1 is 1.37 bits per heavy atom. The van der Waals surface area contributed by atoms with E-state index in [2.05, 4.69) is 0 Å². The van der Waals surface area contributed by atoms with Gasteiger partial charge in [-0.25, -0.2) is 4.79 Å². The van der Waals surface area contributed by atoms with Crippen LogP contribution in [-0.4, -0.2) is 29.6 Å². The molecular formula is C14H19ClN2O2. The summed E-state index contributed by atoms with van der Waals surface area (Å²) in [5.41, 5.74) is 7.00. The van der Waals surface area contributed by atoms with E-state index in [4.69, 9.17) is 10.5 Å². The number of ether oxygens (including phenoxy) is 1. The fourth-order valence-electron chi connectivity index (χ4n) is 3.05. The van der Waals surface area contributed by atoms with Crippen molar-refractivity contribution in [2.45, 2.75) is 25.0 Å². The van der Waals surface area contributed by atoms with Crippen molar-refractivity contribution in [1.29, 1.82) is 0 Å². The highest BCUT2D eigenvalue weighted by Gasteiger charge is 2.48. The zero-order valence-electron chi connectivity index (χ0n) is 10.7. The second kappa shape index (κ2) is 5.39. The number of fused-ring (bicyclic) bond motifs is 2. The molecule has 2 saturated heterocycles. The summed E-state index contributed by atoms with van der Waals surface area (Å²) < 4.78 is 5.31. The number of nitrogens with zero attached hydrogens (tertiary/aromatic N) is 1. The summed E-state index contributed by atoms with van der Waals surface area (Å²) in [5.74, 6) is 0.577. The Hall–Kier alpha value is -1.26. The molecule has 0 atom stereocenters. The minimum atomic E-state index is -0.238. The van der Waals surface area contributed by atoms with Gasteiger partial charge >= 0.3 is 6.09 Å². The van der Waals surface area contributed by atoms with E-state index in [0.717, 1.165) is 24.9 Å². The summed E-state index contributed by atoms with van der Waals surface area (Å²) in [5, 5.41) is 0. The molecule has 4 nitrogen and oxygen atoms in total. The summed E-state index contributed by atoms with van der Waals surface area (Å²) in [6.07, 6.45) is 1.86. The van der Waals surface area contributed by atoms with Crippen LogP contribution in [0.25, 0.3) is 0 Å². The molecule has 2 N–H and O–H groups in total. The van der Waals surface area contributed by atoms with Crippen molar-refractivity contribution in [2.24, 2.45) is 11.7 Å². The second-order valence-electron chi connectivity index (χ2n) is 5.56. The van der Waals surface area contributed by atoms with Crippen molar-refractivity contribution >= 4 is 18.5 Å². The van der Waals surface area contributed by atoms with Gasteiger partial charge in [0, 0.05) is 18.6 Å². The van der Waals surface area contributed by atoms with Gasteiger partial charge in [-0.15, -0.1) is 12.4 Å². The van der Waals surface area contributed by atoms with Crippen molar-refractivity contribution < 1.29 is 9.53 Å². The lowest BCUT2D eigenvalue weighted by Gasteiger charge is -2.53. The third kappa shape index (κ3) is 3.01. The minimum Gasteiger partial charge on any atom is -0.445 e. The quantitative estimate of drug-likeness (QED) is 0.904. The smallest absolute Gasteiger partial charge is 0.410 e. The van der Waals surface area contributed by atoms with Crippen LogP contribution in [0.4, 0.5) is 4.79 Å². The van der Waals surface area contributed by atoms with E-state index in [1.807, 2.05) is 30.3 Å². The average Bonchev–Trinajstić information content (AvgIpc) is 2.35. The van der Waals surface area contributed by atoms with Gasteiger partial charge < -0.3 is 15.4 Å². The fourth-order valence-corrected chi connectivity index (χ4v) is 3.05. The zero-order valence-corrected chi connectivity index (χ0v) is 11.6. The summed E-state index contributed by atoms with van der Waals surface area (Å²) in [7, 11) is 0. The third-order valence-electron chi connectivity index (χ3n) is 3.84. The average molecular weight is 283 g/mol. The summed E-state index contributed by atoms with van der Waals surface area (Å²) in [6.45, 7) is 1.77. The lowest BCUT2D eigenvalue weighted by Crippen LogP contribution is -2.66. The van der Waals surface area contributed by atoms with Gasteiger partial charge in [0.15, 0.2) is 0 Å². The van der Waals surface area contributed by atoms with Crippen LogP contribution in [0.5, 0.6) is 0 Å². The van der Waals surface area contributed by atoms with Gasteiger partial charge in [-0.05, 0) is 24.3 Å². The first-order valence-electron chi connectivity index (χ1n) is 6.39. The second-order valence-corrected chi connectivity index (χ2v) is 5.56.